The predicted molar refractivity (Wildman–Crippen MR) is 58.6 cm³/mol. The molecule has 0 saturated carbocycles. The van der Waals surface area contributed by atoms with E-state index >= 15 is 0 Å². The normalized spacial score (nSPS) is 17.1. The van der Waals surface area contributed by atoms with Crippen LogP contribution in [0.1, 0.15) is 17.7 Å². The number of rotatable bonds is 0. The minimum atomic E-state index is -3.01. The summed E-state index contributed by atoms with van der Waals surface area (Å²) < 4.78 is 28.9. The molecule has 0 atom stereocenters. The standard InChI is InChI=1S/C12H9F2N3/c13-12(14)6-3-4-8-10(12)11(15)17-7-2-1-5-9(17)16-8/h1-5,7,15H,6H2. The molecule has 1 N–H and O–H groups in total. The Morgan fingerprint density at radius 3 is 3.00 bits per heavy atom. The summed E-state index contributed by atoms with van der Waals surface area (Å²) >= 11 is 0. The van der Waals surface area contributed by atoms with Crippen molar-refractivity contribution >= 4 is 11.7 Å². The summed E-state index contributed by atoms with van der Waals surface area (Å²) in [6.45, 7) is 0. The highest BCUT2D eigenvalue weighted by molar-refractivity contribution is 5.57. The quantitative estimate of drug-likeness (QED) is 0.745. The summed E-state index contributed by atoms with van der Waals surface area (Å²) in [5, 5.41) is 7.88. The number of fused-ring (bicyclic) bond motifs is 2. The third-order valence-corrected chi connectivity index (χ3v) is 2.82. The number of aromatic nitrogens is 2. The molecule has 2 aromatic rings. The van der Waals surface area contributed by atoms with Gasteiger partial charge in [0.2, 0.25) is 0 Å². The number of nitrogens with zero attached hydrogens (tertiary/aromatic N) is 2. The fourth-order valence-corrected chi connectivity index (χ4v) is 2.04. The van der Waals surface area contributed by atoms with Crippen LogP contribution >= 0.6 is 0 Å². The fourth-order valence-electron chi connectivity index (χ4n) is 2.04. The summed E-state index contributed by atoms with van der Waals surface area (Å²) in [5.41, 5.74) is 0.208. The second kappa shape index (κ2) is 3.23. The van der Waals surface area contributed by atoms with Crippen LogP contribution in [-0.2, 0) is 5.92 Å². The third-order valence-electron chi connectivity index (χ3n) is 2.82. The Bertz CT molecular complexity index is 686. The monoisotopic (exact) mass is 233 g/mol. The minimum absolute atomic E-state index is 0.192. The molecular formula is C12H9F2N3. The van der Waals surface area contributed by atoms with Gasteiger partial charge in [-0.15, -0.1) is 0 Å². The van der Waals surface area contributed by atoms with Gasteiger partial charge < -0.3 is 0 Å². The Kier molecular flexibility index (Phi) is 1.92. The van der Waals surface area contributed by atoms with Crippen LogP contribution in [-0.4, -0.2) is 9.38 Å². The van der Waals surface area contributed by atoms with Crippen molar-refractivity contribution < 1.29 is 8.78 Å². The molecule has 0 aromatic carbocycles. The number of alkyl halides is 2. The first-order chi connectivity index (χ1) is 8.09. The second-order valence-corrected chi connectivity index (χ2v) is 3.96. The molecule has 5 heteroatoms. The molecule has 0 radical (unpaired) electrons. The molecule has 86 valence electrons. The van der Waals surface area contributed by atoms with Gasteiger partial charge in [-0.05, 0) is 18.2 Å². The molecule has 2 heterocycles. The van der Waals surface area contributed by atoms with E-state index in [1.165, 1.54) is 10.5 Å². The van der Waals surface area contributed by atoms with Crippen molar-refractivity contribution in [3.05, 3.63) is 47.2 Å². The highest BCUT2D eigenvalue weighted by Gasteiger charge is 2.37. The molecule has 0 unspecified atom stereocenters. The van der Waals surface area contributed by atoms with Crippen molar-refractivity contribution in [2.45, 2.75) is 12.3 Å². The Morgan fingerprint density at radius 1 is 1.35 bits per heavy atom. The highest BCUT2D eigenvalue weighted by Crippen LogP contribution is 2.35. The first-order valence-corrected chi connectivity index (χ1v) is 5.20. The summed E-state index contributed by atoms with van der Waals surface area (Å²) in [5.74, 6) is -3.01. The van der Waals surface area contributed by atoms with E-state index in [2.05, 4.69) is 4.98 Å². The lowest BCUT2D eigenvalue weighted by atomic mass is 9.99. The number of pyridine rings is 1. The molecule has 1 aliphatic carbocycles. The van der Waals surface area contributed by atoms with Gasteiger partial charge in [-0.2, -0.15) is 0 Å². The Balaban J connectivity index is 2.49. The van der Waals surface area contributed by atoms with Crippen molar-refractivity contribution in [1.82, 2.24) is 9.38 Å². The molecule has 3 nitrogen and oxygen atoms in total. The number of halogens is 2. The zero-order chi connectivity index (χ0) is 12.0. The van der Waals surface area contributed by atoms with Gasteiger partial charge in [0, 0.05) is 12.6 Å². The van der Waals surface area contributed by atoms with Gasteiger partial charge in [-0.25, -0.2) is 13.8 Å². The summed E-state index contributed by atoms with van der Waals surface area (Å²) in [6.07, 6.45) is 4.15. The molecule has 1 aliphatic rings. The van der Waals surface area contributed by atoms with E-state index in [0.29, 0.717) is 5.65 Å². The zero-order valence-electron chi connectivity index (χ0n) is 8.82. The van der Waals surface area contributed by atoms with E-state index in [9.17, 15) is 8.78 Å². The molecule has 0 aliphatic heterocycles. The molecule has 0 amide bonds. The van der Waals surface area contributed by atoms with Crippen molar-refractivity contribution in [3.8, 4) is 0 Å². The van der Waals surface area contributed by atoms with E-state index in [1.807, 2.05) is 0 Å². The summed E-state index contributed by atoms with van der Waals surface area (Å²) in [7, 11) is 0. The van der Waals surface area contributed by atoms with Gasteiger partial charge in [0.25, 0.3) is 5.92 Å². The van der Waals surface area contributed by atoms with Crippen molar-refractivity contribution in [1.29, 1.82) is 5.41 Å². The first-order valence-electron chi connectivity index (χ1n) is 5.20. The maximum absolute atomic E-state index is 13.8. The smallest absolute Gasteiger partial charge is 0.282 e. The van der Waals surface area contributed by atoms with E-state index < -0.39 is 5.92 Å². The van der Waals surface area contributed by atoms with Crippen LogP contribution in [0.5, 0.6) is 0 Å². The van der Waals surface area contributed by atoms with Crippen LogP contribution in [0.4, 0.5) is 8.78 Å². The van der Waals surface area contributed by atoms with E-state index in [-0.39, 0.29) is 23.2 Å². The topological polar surface area (TPSA) is 41.2 Å². The molecule has 0 spiro atoms. The number of hydrogen-bond acceptors (Lipinski definition) is 2. The van der Waals surface area contributed by atoms with Crippen LogP contribution in [0.15, 0.2) is 30.5 Å². The van der Waals surface area contributed by atoms with E-state index in [4.69, 9.17) is 5.41 Å². The predicted octanol–water partition coefficient (Wildman–Crippen LogP) is 2.32. The van der Waals surface area contributed by atoms with Crippen LogP contribution in [0, 0.1) is 5.41 Å². The zero-order valence-corrected chi connectivity index (χ0v) is 8.82. The van der Waals surface area contributed by atoms with Crippen LogP contribution in [0.3, 0.4) is 0 Å². The number of allylic oxidation sites excluding steroid dienone is 1. The number of hydrogen-bond donors (Lipinski definition) is 1. The molecule has 2 aromatic heterocycles. The van der Waals surface area contributed by atoms with Crippen molar-refractivity contribution in [2.24, 2.45) is 0 Å². The van der Waals surface area contributed by atoms with Crippen molar-refractivity contribution in [2.75, 3.05) is 0 Å². The first kappa shape index (κ1) is 10.1. The molecule has 0 bridgehead atoms. The minimum Gasteiger partial charge on any atom is -0.286 e. The molecule has 0 saturated heterocycles. The van der Waals surface area contributed by atoms with Crippen LogP contribution < -0.4 is 5.49 Å². The lowest BCUT2D eigenvalue weighted by Crippen LogP contribution is -2.31. The average molecular weight is 233 g/mol. The van der Waals surface area contributed by atoms with Gasteiger partial charge in [0.1, 0.15) is 11.1 Å². The summed E-state index contributed by atoms with van der Waals surface area (Å²) in [6, 6.07) is 5.15. The molecule has 3 rings (SSSR count). The Hall–Kier alpha value is -2.04. The molecular weight excluding hydrogens is 224 g/mol. The molecule has 17 heavy (non-hydrogen) atoms. The largest absolute Gasteiger partial charge is 0.286 e. The van der Waals surface area contributed by atoms with Crippen molar-refractivity contribution in [3.63, 3.8) is 0 Å². The van der Waals surface area contributed by atoms with Crippen LogP contribution in [0.25, 0.3) is 11.7 Å². The molecule has 0 fully saturated rings. The Morgan fingerprint density at radius 2 is 2.18 bits per heavy atom. The second-order valence-electron chi connectivity index (χ2n) is 3.96. The van der Waals surface area contributed by atoms with E-state index in [1.54, 1.807) is 30.5 Å². The van der Waals surface area contributed by atoms with Gasteiger partial charge in [-0.1, -0.05) is 12.1 Å². The fraction of sp³-hybridized carbons (Fsp3) is 0.167. The Labute approximate surface area is 95.6 Å². The number of nitrogens with one attached hydrogen (secondary N) is 1. The third kappa shape index (κ3) is 1.39. The van der Waals surface area contributed by atoms with E-state index in [0.717, 1.165) is 0 Å². The lowest BCUT2D eigenvalue weighted by Gasteiger charge is -2.21. The van der Waals surface area contributed by atoms with Crippen LogP contribution in [0.2, 0.25) is 0 Å². The lowest BCUT2D eigenvalue weighted by molar-refractivity contribution is -0.00470. The van der Waals surface area contributed by atoms with Gasteiger partial charge >= 0.3 is 0 Å². The average Bonchev–Trinajstić information content (AvgIpc) is 2.28. The van der Waals surface area contributed by atoms with Gasteiger partial charge in [-0.3, -0.25) is 9.81 Å². The highest BCUT2D eigenvalue weighted by atomic mass is 19.3. The maximum atomic E-state index is 13.8. The SMILES string of the molecule is N=c1c2c(nc3ccccn13)C=CCC2(F)F. The maximum Gasteiger partial charge on any atom is 0.282 e. The summed E-state index contributed by atoms with van der Waals surface area (Å²) in [4.78, 5) is 4.15. The van der Waals surface area contributed by atoms with Gasteiger partial charge in [0.15, 0.2) is 0 Å². The van der Waals surface area contributed by atoms with Gasteiger partial charge in [0.05, 0.1) is 11.3 Å².